The lowest BCUT2D eigenvalue weighted by Gasteiger charge is -2.39. The third-order valence-electron chi connectivity index (χ3n) is 3.56. The zero-order valence-corrected chi connectivity index (χ0v) is 12.0. The zero-order valence-electron chi connectivity index (χ0n) is 12.0. The molecule has 1 aromatic heterocycles. The van der Waals surface area contributed by atoms with E-state index in [1.807, 2.05) is 19.1 Å². The van der Waals surface area contributed by atoms with Gasteiger partial charge in [-0.05, 0) is 19.4 Å². The Morgan fingerprint density at radius 2 is 2.20 bits per heavy atom. The number of aromatic nitrogens is 1. The van der Waals surface area contributed by atoms with Crippen LogP contribution in [0.5, 0.6) is 5.88 Å². The summed E-state index contributed by atoms with van der Waals surface area (Å²) in [6.45, 7) is 4.00. The van der Waals surface area contributed by atoms with Gasteiger partial charge in [0.25, 0.3) is 0 Å². The minimum absolute atomic E-state index is 0.0628. The molecule has 1 saturated heterocycles. The summed E-state index contributed by atoms with van der Waals surface area (Å²) in [7, 11) is 1.54. The summed E-state index contributed by atoms with van der Waals surface area (Å²) in [5, 5.41) is 2.76. The van der Waals surface area contributed by atoms with Crippen molar-refractivity contribution in [3.63, 3.8) is 0 Å². The van der Waals surface area contributed by atoms with Crippen LogP contribution in [0.1, 0.15) is 26.0 Å². The van der Waals surface area contributed by atoms with Crippen molar-refractivity contribution in [2.24, 2.45) is 0 Å². The van der Waals surface area contributed by atoms with Crippen molar-refractivity contribution in [1.82, 2.24) is 15.2 Å². The fourth-order valence-electron chi connectivity index (χ4n) is 2.22. The second-order valence-electron chi connectivity index (χ2n) is 5.07. The third kappa shape index (κ3) is 2.74. The lowest BCUT2D eigenvalue weighted by molar-refractivity contribution is -0.150. The average molecular weight is 277 g/mol. The van der Waals surface area contributed by atoms with Gasteiger partial charge in [0.05, 0.1) is 19.3 Å². The topological polar surface area (TPSA) is 71.5 Å². The third-order valence-corrected chi connectivity index (χ3v) is 3.56. The molecule has 0 radical (unpaired) electrons. The van der Waals surface area contributed by atoms with Crippen LogP contribution in [0.4, 0.5) is 0 Å². The second-order valence-corrected chi connectivity index (χ2v) is 5.07. The first-order valence-electron chi connectivity index (χ1n) is 6.59. The average Bonchev–Trinajstić information content (AvgIpc) is 2.44. The van der Waals surface area contributed by atoms with Gasteiger partial charge >= 0.3 is 0 Å². The predicted molar refractivity (Wildman–Crippen MR) is 73.0 cm³/mol. The number of amides is 2. The molecule has 1 aliphatic heterocycles. The Hall–Kier alpha value is -2.11. The van der Waals surface area contributed by atoms with Gasteiger partial charge in [-0.1, -0.05) is 13.0 Å². The number of carbonyl (C=O) groups excluding carboxylic acids is 2. The first-order chi connectivity index (χ1) is 9.48. The fraction of sp³-hybridized carbons (Fsp3) is 0.500. The van der Waals surface area contributed by atoms with Crippen molar-refractivity contribution in [3.05, 3.63) is 23.9 Å². The van der Waals surface area contributed by atoms with Crippen LogP contribution >= 0.6 is 0 Å². The van der Waals surface area contributed by atoms with Gasteiger partial charge in [0.15, 0.2) is 0 Å². The molecule has 1 N–H and O–H groups in total. The Balaban J connectivity index is 2.19. The summed E-state index contributed by atoms with van der Waals surface area (Å²) in [5.41, 5.74) is -0.125. The SMILES string of the molecule is CCC1(C)NC(=O)CN(Cc2cccc(OC)n2)C1=O. The molecule has 2 rings (SSSR count). The van der Waals surface area contributed by atoms with E-state index in [1.54, 1.807) is 20.1 Å². The van der Waals surface area contributed by atoms with Crippen molar-refractivity contribution in [2.45, 2.75) is 32.4 Å². The summed E-state index contributed by atoms with van der Waals surface area (Å²) < 4.78 is 5.06. The first-order valence-corrected chi connectivity index (χ1v) is 6.59. The Morgan fingerprint density at radius 1 is 1.45 bits per heavy atom. The molecular weight excluding hydrogens is 258 g/mol. The zero-order chi connectivity index (χ0) is 14.8. The Labute approximate surface area is 118 Å². The molecule has 1 aromatic rings. The van der Waals surface area contributed by atoms with Crippen LogP contribution in [0.3, 0.4) is 0 Å². The van der Waals surface area contributed by atoms with Crippen LogP contribution in [0.15, 0.2) is 18.2 Å². The van der Waals surface area contributed by atoms with E-state index in [9.17, 15) is 9.59 Å². The van der Waals surface area contributed by atoms with E-state index < -0.39 is 5.54 Å². The monoisotopic (exact) mass is 277 g/mol. The molecule has 0 bridgehead atoms. The Morgan fingerprint density at radius 3 is 2.85 bits per heavy atom. The number of rotatable bonds is 4. The molecule has 2 heterocycles. The van der Waals surface area contributed by atoms with E-state index in [1.165, 1.54) is 4.90 Å². The van der Waals surface area contributed by atoms with Gasteiger partial charge in [0.1, 0.15) is 12.1 Å². The van der Waals surface area contributed by atoms with E-state index in [2.05, 4.69) is 10.3 Å². The summed E-state index contributed by atoms with van der Waals surface area (Å²) in [6, 6.07) is 5.37. The number of nitrogens with zero attached hydrogens (tertiary/aromatic N) is 2. The largest absolute Gasteiger partial charge is 0.481 e. The first kappa shape index (κ1) is 14.3. The number of methoxy groups -OCH3 is 1. The molecule has 0 saturated carbocycles. The summed E-state index contributed by atoms with van der Waals surface area (Å²) >= 11 is 0. The lowest BCUT2D eigenvalue weighted by atomic mass is 9.94. The maximum absolute atomic E-state index is 12.4. The smallest absolute Gasteiger partial charge is 0.248 e. The number of carbonyl (C=O) groups is 2. The molecule has 1 unspecified atom stereocenters. The van der Waals surface area contributed by atoms with Crippen molar-refractivity contribution < 1.29 is 14.3 Å². The number of ether oxygens (including phenoxy) is 1. The van der Waals surface area contributed by atoms with Crippen molar-refractivity contribution in [1.29, 1.82) is 0 Å². The quantitative estimate of drug-likeness (QED) is 0.880. The molecule has 1 aliphatic rings. The highest BCUT2D eigenvalue weighted by Gasteiger charge is 2.41. The number of pyridine rings is 1. The highest BCUT2D eigenvalue weighted by molar-refractivity contribution is 5.97. The molecule has 1 atom stereocenters. The van der Waals surface area contributed by atoms with Crippen LogP contribution in [-0.4, -0.2) is 40.9 Å². The number of hydrogen-bond acceptors (Lipinski definition) is 4. The maximum atomic E-state index is 12.4. The normalized spacial score (nSPS) is 22.6. The van der Waals surface area contributed by atoms with Gasteiger partial charge in [-0.2, -0.15) is 0 Å². The molecule has 0 spiro atoms. The molecule has 20 heavy (non-hydrogen) atoms. The predicted octanol–water partition coefficient (Wildman–Crippen LogP) is 0.717. The second kappa shape index (κ2) is 5.48. The molecule has 1 fully saturated rings. The Kier molecular flexibility index (Phi) is 3.92. The van der Waals surface area contributed by atoms with Crippen molar-refractivity contribution >= 4 is 11.8 Å². The number of piperazine rings is 1. The van der Waals surface area contributed by atoms with Gasteiger partial charge in [-0.25, -0.2) is 4.98 Å². The molecule has 6 heteroatoms. The minimum Gasteiger partial charge on any atom is -0.481 e. The molecule has 0 aliphatic carbocycles. The van der Waals surface area contributed by atoms with Crippen LogP contribution in [0.2, 0.25) is 0 Å². The fourth-order valence-corrected chi connectivity index (χ4v) is 2.22. The molecule has 0 aromatic carbocycles. The van der Waals surface area contributed by atoms with E-state index in [0.717, 1.165) is 0 Å². The van der Waals surface area contributed by atoms with E-state index in [4.69, 9.17) is 4.74 Å². The number of nitrogens with one attached hydrogen (secondary N) is 1. The van der Waals surface area contributed by atoms with E-state index in [0.29, 0.717) is 24.5 Å². The lowest BCUT2D eigenvalue weighted by Crippen LogP contribution is -2.64. The van der Waals surface area contributed by atoms with Crippen LogP contribution in [0.25, 0.3) is 0 Å². The van der Waals surface area contributed by atoms with Gasteiger partial charge in [0.2, 0.25) is 17.7 Å². The summed E-state index contributed by atoms with van der Waals surface area (Å²) in [4.78, 5) is 30.0. The minimum atomic E-state index is -0.825. The summed E-state index contributed by atoms with van der Waals surface area (Å²) in [6.07, 6.45) is 0.555. The van der Waals surface area contributed by atoms with Crippen LogP contribution < -0.4 is 10.1 Å². The Bertz CT molecular complexity index is 532. The van der Waals surface area contributed by atoms with E-state index >= 15 is 0 Å². The van der Waals surface area contributed by atoms with Crippen molar-refractivity contribution in [3.8, 4) is 5.88 Å². The highest BCUT2D eigenvalue weighted by atomic mass is 16.5. The highest BCUT2D eigenvalue weighted by Crippen LogP contribution is 2.19. The van der Waals surface area contributed by atoms with Gasteiger partial charge in [0, 0.05) is 6.07 Å². The molecule has 6 nitrogen and oxygen atoms in total. The number of hydrogen-bond donors (Lipinski definition) is 1. The van der Waals surface area contributed by atoms with Crippen LogP contribution in [-0.2, 0) is 16.1 Å². The van der Waals surface area contributed by atoms with Crippen molar-refractivity contribution in [2.75, 3.05) is 13.7 Å². The molecule has 108 valence electrons. The molecular formula is C14H19N3O3. The van der Waals surface area contributed by atoms with E-state index in [-0.39, 0.29) is 18.4 Å². The molecule has 2 amide bonds. The van der Waals surface area contributed by atoms with Crippen LogP contribution in [0, 0.1) is 0 Å². The van der Waals surface area contributed by atoms with Gasteiger partial charge in [-0.3, -0.25) is 9.59 Å². The van der Waals surface area contributed by atoms with Gasteiger partial charge in [-0.15, -0.1) is 0 Å². The summed E-state index contributed by atoms with van der Waals surface area (Å²) in [5.74, 6) is 0.274. The standard InChI is InChI=1S/C14H19N3O3/c1-4-14(2)13(19)17(9-11(18)16-14)8-10-6-5-7-12(15-10)20-3/h5-7H,4,8-9H2,1-3H3,(H,16,18). The van der Waals surface area contributed by atoms with Gasteiger partial charge < -0.3 is 15.0 Å². The maximum Gasteiger partial charge on any atom is 0.248 e.